The zero-order chi connectivity index (χ0) is 16.2. The number of piperazine rings is 1. The molecule has 8 heteroatoms. The van der Waals surface area contributed by atoms with E-state index in [0.717, 1.165) is 12.3 Å². The summed E-state index contributed by atoms with van der Waals surface area (Å²) in [7, 11) is 0. The van der Waals surface area contributed by atoms with E-state index in [1.807, 2.05) is 4.90 Å². The topological polar surface area (TPSA) is 48.5 Å². The molecule has 1 aromatic heterocycles. The van der Waals surface area contributed by atoms with Gasteiger partial charge in [-0.3, -0.25) is 0 Å². The van der Waals surface area contributed by atoms with Gasteiger partial charge in [-0.1, -0.05) is 6.08 Å². The molecule has 0 bridgehead atoms. The Morgan fingerprint density at radius 3 is 2.50 bits per heavy atom. The van der Waals surface area contributed by atoms with Gasteiger partial charge in [-0.2, -0.15) is 13.2 Å². The third-order valence-corrected chi connectivity index (χ3v) is 3.36. The molecule has 1 N–H and O–H groups in total. The van der Waals surface area contributed by atoms with Crippen LogP contribution in [0.1, 0.15) is 5.56 Å². The maximum atomic E-state index is 12.5. The van der Waals surface area contributed by atoms with Gasteiger partial charge in [0.2, 0.25) is 0 Å². The molecule has 2 rings (SSSR count). The van der Waals surface area contributed by atoms with Crippen molar-refractivity contribution in [2.45, 2.75) is 6.18 Å². The first-order valence-corrected chi connectivity index (χ1v) is 6.83. The SMILES string of the molecule is C=CCNC(=O)N1CCN(c2ccc(C(F)(F)F)cn2)CC1. The minimum Gasteiger partial charge on any atom is -0.353 e. The third-order valence-electron chi connectivity index (χ3n) is 3.36. The Balaban J connectivity index is 1.91. The van der Waals surface area contributed by atoms with Gasteiger partial charge in [-0.05, 0) is 12.1 Å². The van der Waals surface area contributed by atoms with Gasteiger partial charge in [-0.25, -0.2) is 9.78 Å². The first-order valence-electron chi connectivity index (χ1n) is 6.83. The molecule has 1 aromatic rings. The number of aromatic nitrogens is 1. The molecule has 0 saturated carbocycles. The lowest BCUT2D eigenvalue weighted by Crippen LogP contribution is -2.52. The minimum atomic E-state index is -4.38. The number of pyridine rings is 1. The second-order valence-electron chi connectivity index (χ2n) is 4.85. The number of halogens is 3. The maximum absolute atomic E-state index is 12.5. The summed E-state index contributed by atoms with van der Waals surface area (Å²) >= 11 is 0. The van der Waals surface area contributed by atoms with Gasteiger partial charge in [-0.15, -0.1) is 6.58 Å². The molecule has 1 saturated heterocycles. The number of hydrogen-bond donors (Lipinski definition) is 1. The summed E-state index contributed by atoms with van der Waals surface area (Å²) in [6.07, 6.45) is -1.95. The average Bonchev–Trinajstić information content (AvgIpc) is 2.52. The van der Waals surface area contributed by atoms with Crippen molar-refractivity contribution in [3.63, 3.8) is 0 Å². The van der Waals surface area contributed by atoms with Gasteiger partial charge in [0, 0.05) is 38.9 Å². The Labute approximate surface area is 126 Å². The summed E-state index contributed by atoms with van der Waals surface area (Å²) in [5.41, 5.74) is -0.765. The number of amides is 2. The van der Waals surface area contributed by atoms with Gasteiger partial charge in [0.1, 0.15) is 5.82 Å². The molecule has 0 spiro atoms. The van der Waals surface area contributed by atoms with E-state index in [1.54, 1.807) is 11.0 Å². The molecule has 120 valence electrons. The van der Waals surface area contributed by atoms with Crippen LogP contribution >= 0.6 is 0 Å². The zero-order valence-electron chi connectivity index (χ0n) is 11.9. The number of nitrogens with zero attached hydrogens (tertiary/aromatic N) is 3. The molecule has 2 heterocycles. The smallest absolute Gasteiger partial charge is 0.353 e. The number of rotatable bonds is 3. The monoisotopic (exact) mass is 314 g/mol. The molecule has 0 aromatic carbocycles. The summed E-state index contributed by atoms with van der Waals surface area (Å²) < 4.78 is 37.5. The second-order valence-corrected chi connectivity index (χ2v) is 4.85. The first kappa shape index (κ1) is 16.1. The largest absolute Gasteiger partial charge is 0.417 e. The van der Waals surface area contributed by atoms with Crippen LogP contribution in [-0.4, -0.2) is 48.6 Å². The van der Waals surface area contributed by atoms with Crippen LogP contribution in [0.5, 0.6) is 0 Å². The number of hydrogen-bond acceptors (Lipinski definition) is 3. The molecule has 0 radical (unpaired) electrons. The van der Waals surface area contributed by atoms with Crippen LogP contribution in [0, 0.1) is 0 Å². The third kappa shape index (κ3) is 3.90. The highest BCUT2D eigenvalue weighted by Gasteiger charge is 2.31. The zero-order valence-corrected chi connectivity index (χ0v) is 11.9. The van der Waals surface area contributed by atoms with Gasteiger partial charge in [0.25, 0.3) is 0 Å². The Kier molecular flexibility index (Phi) is 4.89. The van der Waals surface area contributed by atoms with Crippen molar-refractivity contribution in [1.82, 2.24) is 15.2 Å². The average molecular weight is 314 g/mol. The fourth-order valence-electron chi connectivity index (χ4n) is 2.15. The van der Waals surface area contributed by atoms with Crippen LogP contribution in [0.25, 0.3) is 0 Å². The lowest BCUT2D eigenvalue weighted by atomic mass is 10.2. The molecule has 0 atom stereocenters. The van der Waals surface area contributed by atoms with E-state index in [4.69, 9.17) is 0 Å². The van der Waals surface area contributed by atoms with Crippen molar-refractivity contribution in [1.29, 1.82) is 0 Å². The Morgan fingerprint density at radius 2 is 2.00 bits per heavy atom. The predicted molar refractivity (Wildman–Crippen MR) is 76.6 cm³/mol. The Hall–Kier alpha value is -2.25. The van der Waals surface area contributed by atoms with Crippen LogP contribution in [0.3, 0.4) is 0 Å². The highest BCUT2D eigenvalue weighted by molar-refractivity contribution is 5.74. The van der Waals surface area contributed by atoms with Crippen molar-refractivity contribution in [3.8, 4) is 0 Å². The van der Waals surface area contributed by atoms with Crippen molar-refractivity contribution in [2.75, 3.05) is 37.6 Å². The van der Waals surface area contributed by atoms with Crippen molar-refractivity contribution in [3.05, 3.63) is 36.5 Å². The van der Waals surface area contributed by atoms with Crippen LogP contribution in [0.4, 0.5) is 23.8 Å². The normalized spacial score (nSPS) is 15.6. The van der Waals surface area contributed by atoms with E-state index in [-0.39, 0.29) is 6.03 Å². The van der Waals surface area contributed by atoms with Crippen LogP contribution < -0.4 is 10.2 Å². The van der Waals surface area contributed by atoms with Crippen LogP contribution in [-0.2, 0) is 6.18 Å². The molecule has 0 unspecified atom stereocenters. The first-order chi connectivity index (χ1) is 10.4. The van der Waals surface area contributed by atoms with Gasteiger partial charge >= 0.3 is 12.2 Å². The van der Waals surface area contributed by atoms with Gasteiger partial charge in [0.15, 0.2) is 0 Å². The summed E-state index contributed by atoms with van der Waals surface area (Å²) in [5, 5.41) is 2.69. The Bertz CT molecular complexity index is 522. The lowest BCUT2D eigenvalue weighted by molar-refractivity contribution is -0.137. The van der Waals surface area contributed by atoms with E-state index in [9.17, 15) is 18.0 Å². The van der Waals surface area contributed by atoms with E-state index in [1.165, 1.54) is 6.07 Å². The summed E-state index contributed by atoms with van der Waals surface area (Å²) in [6.45, 7) is 5.97. The number of nitrogens with one attached hydrogen (secondary N) is 1. The number of anilines is 1. The highest BCUT2D eigenvalue weighted by Crippen LogP contribution is 2.29. The predicted octanol–water partition coefficient (Wildman–Crippen LogP) is 2.12. The summed E-state index contributed by atoms with van der Waals surface area (Å²) in [6, 6.07) is 2.21. The van der Waals surface area contributed by atoms with E-state index in [0.29, 0.717) is 38.5 Å². The van der Waals surface area contributed by atoms with Crippen LogP contribution in [0.15, 0.2) is 31.0 Å². The molecule has 2 amide bonds. The quantitative estimate of drug-likeness (QED) is 0.870. The number of carbonyl (C=O) groups excluding carboxylic acids is 1. The van der Waals surface area contributed by atoms with Crippen molar-refractivity contribution < 1.29 is 18.0 Å². The molecule has 0 aliphatic carbocycles. The molecular weight excluding hydrogens is 297 g/mol. The standard InChI is InChI=1S/C14H17F3N4O/c1-2-5-18-13(22)21-8-6-20(7-9-21)12-4-3-11(10-19-12)14(15,16)17/h2-4,10H,1,5-9H2,(H,18,22). The molecular formula is C14H17F3N4O. The van der Waals surface area contributed by atoms with E-state index < -0.39 is 11.7 Å². The fraction of sp³-hybridized carbons (Fsp3) is 0.429. The maximum Gasteiger partial charge on any atom is 0.417 e. The Morgan fingerprint density at radius 1 is 1.32 bits per heavy atom. The second kappa shape index (κ2) is 6.67. The summed E-state index contributed by atoms with van der Waals surface area (Å²) in [4.78, 5) is 19.1. The van der Waals surface area contributed by atoms with Gasteiger partial charge in [0.05, 0.1) is 5.56 Å². The lowest BCUT2D eigenvalue weighted by Gasteiger charge is -2.35. The fourth-order valence-corrected chi connectivity index (χ4v) is 2.15. The molecule has 5 nitrogen and oxygen atoms in total. The number of alkyl halides is 3. The van der Waals surface area contributed by atoms with Gasteiger partial charge < -0.3 is 15.1 Å². The molecule has 1 aliphatic rings. The number of carbonyl (C=O) groups is 1. The van der Waals surface area contributed by atoms with Crippen molar-refractivity contribution >= 4 is 11.8 Å². The van der Waals surface area contributed by atoms with E-state index >= 15 is 0 Å². The summed E-state index contributed by atoms with van der Waals surface area (Å²) in [5.74, 6) is 0.485. The highest BCUT2D eigenvalue weighted by atomic mass is 19.4. The number of urea groups is 1. The molecule has 1 fully saturated rings. The van der Waals surface area contributed by atoms with Crippen molar-refractivity contribution in [2.24, 2.45) is 0 Å². The molecule has 22 heavy (non-hydrogen) atoms. The minimum absolute atomic E-state index is 0.167. The molecule has 1 aliphatic heterocycles. The van der Waals surface area contributed by atoms with E-state index in [2.05, 4.69) is 16.9 Å². The van der Waals surface area contributed by atoms with Crippen LogP contribution in [0.2, 0.25) is 0 Å².